The monoisotopic (exact) mass is 270 g/mol. The Balaban J connectivity index is 2.53. The molecule has 1 aromatic carbocycles. The summed E-state index contributed by atoms with van der Waals surface area (Å²) in [7, 11) is 0. The van der Waals surface area contributed by atoms with Crippen LogP contribution in [0.4, 0.5) is 0 Å². The maximum Gasteiger partial charge on any atom is 0.226 e. The number of rotatable bonds is 2. The first-order valence-corrected chi connectivity index (χ1v) is 5.92. The first-order chi connectivity index (χ1) is 9.20. The molecule has 0 aliphatic rings. The quantitative estimate of drug-likeness (QED) is 0.236. The van der Waals surface area contributed by atoms with Gasteiger partial charge in [-0.15, -0.1) is 0 Å². The summed E-state index contributed by atoms with van der Waals surface area (Å²) in [5, 5.41) is 1.68. The van der Waals surface area contributed by atoms with E-state index >= 15 is 0 Å². The van der Waals surface area contributed by atoms with Crippen molar-refractivity contribution in [3.8, 4) is 0 Å². The van der Waals surface area contributed by atoms with E-state index in [1.54, 1.807) is 36.5 Å². The zero-order valence-electron chi connectivity index (χ0n) is 9.63. The number of halogens is 1. The summed E-state index contributed by atoms with van der Waals surface area (Å²) in [5.41, 5.74) is 1.51. The van der Waals surface area contributed by atoms with Gasteiger partial charge in [-0.3, -0.25) is 14.6 Å². The highest BCUT2D eigenvalue weighted by atomic mass is 35.5. The highest BCUT2D eigenvalue weighted by molar-refractivity contribution is 6.37. The minimum absolute atomic E-state index is 0.303. The first-order valence-electron chi connectivity index (χ1n) is 5.54. The Morgan fingerprint density at radius 3 is 2.84 bits per heavy atom. The van der Waals surface area contributed by atoms with Crippen LogP contribution in [0.3, 0.4) is 0 Å². The zero-order valence-corrected chi connectivity index (χ0v) is 10.4. The van der Waals surface area contributed by atoms with Crippen molar-refractivity contribution in [1.82, 2.24) is 9.97 Å². The topological polar surface area (TPSA) is 59.9 Å². The third-order valence-electron chi connectivity index (χ3n) is 2.89. The molecule has 5 heteroatoms. The second kappa shape index (κ2) is 4.40. The number of ketones is 1. The summed E-state index contributed by atoms with van der Waals surface area (Å²) >= 11 is 5.89. The average molecular weight is 271 g/mol. The lowest BCUT2D eigenvalue weighted by Gasteiger charge is -2.06. The summed E-state index contributed by atoms with van der Waals surface area (Å²) in [6.07, 6.45) is 1.91. The van der Waals surface area contributed by atoms with Crippen molar-refractivity contribution in [3.05, 3.63) is 47.2 Å². The predicted octanol–water partition coefficient (Wildman–Crippen LogP) is 2.82. The fourth-order valence-electron chi connectivity index (χ4n) is 2.06. The summed E-state index contributed by atoms with van der Waals surface area (Å²) in [6.45, 7) is 0. The van der Waals surface area contributed by atoms with Gasteiger partial charge in [0.05, 0.1) is 11.0 Å². The molecule has 2 aromatic heterocycles. The number of nitrogens with zero attached hydrogens (tertiary/aromatic N) is 2. The molecule has 0 saturated heterocycles. The SMILES string of the molecule is O=CC(=O)c1cc2ccc(Cl)nc2c2ncccc12. The van der Waals surface area contributed by atoms with Crippen LogP contribution in [0.5, 0.6) is 0 Å². The van der Waals surface area contributed by atoms with E-state index < -0.39 is 5.78 Å². The van der Waals surface area contributed by atoms with E-state index in [-0.39, 0.29) is 0 Å². The minimum Gasteiger partial charge on any atom is -0.294 e. The number of fused-ring (bicyclic) bond motifs is 3. The van der Waals surface area contributed by atoms with Gasteiger partial charge in [0.1, 0.15) is 5.15 Å². The van der Waals surface area contributed by atoms with Crippen molar-refractivity contribution in [2.24, 2.45) is 0 Å². The van der Waals surface area contributed by atoms with Crippen molar-refractivity contribution in [3.63, 3.8) is 0 Å². The Bertz CT molecular complexity index is 830. The van der Waals surface area contributed by atoms with E-state index in [0.717, 1.165) is 5.39 Å². The van der Waals surface area contributed by atoms with Gasteiger partial charge in [-0.05, 0) is 24.3 Å². The van der Waals surface area contributed by atoms with Crippen molar-refractivity contribution in [2.75, 3.05) is 0 Å². The van der Waals surface area contributed by atoms with Crippen LogP contribution < -0.4 is 0 Å². The molecule has 0 fully saturated rings. The zero-order chi connectivity index (χ0) is 13.4. The lowest BCUT2D eigenvalue weighted by molar-refractivity contribution is -0.104. The number of hydrogen-bond donors (Lipinski definition) is 0. The molecule has 0 radical (unpaired) electrons. The van der Waals surface area contributed by atoms with E-state index in [1.165, 1.54) is 0 Å². The summed E-state index contributed by atoms with van der Waals surface area (Å²) in [4.78, 5) is 30.9. The lowest BCUT2D eigenvalue weighted by atomic mass is 10.0. The molecule has 2 heterocycles. The molecule has 0 amide bonds. The molecule has 92 valence electrons. The molecule has 3 rings (SSSR count). The Labute approximate surface area is 113 Å². The van der Waals surface area contributed by atoms with Gasteiger partial charge in [0, 0.05) is 22.5 Å². The van der Waals surface area contributed by atoms with Crippen molar-refractivity contribution >= 4 is 45.5 Å². The number of aldehydes is 1. The van der Waals surface area contributed by atoms with E-state index in [1.807, 2.05) is 0 Å². The van der Waals surface area contributed by atoms with Crippen LogP contribution in [0.25, 0.3) is 21.8 Å². The Kier molecular flexibility index (Phi) is 2.72. The molecular weight excluding hydrogens is 264 g/mol. The summed E-state index contributed by atoms with van der Waals surface area (Å²) < 4.78 is 0. The fourth-order valence-corrected chi connectivity index (χ4v) is 2.21. The van der Waals surface area contributed by atoms with E-state index in [9.17, 15) is 9.59 Å². The Morgan fingerprint density at radius 2 is 2.05 bits per heavy atom. The molecule has 0 unspecified atom stereocenters. The van der Waals surface area contributed by atoms with Gasteiger partial charge < -0.3 is 0 Å². The fraction of sp³-hybridized carbons (Fsp3) is 0. The summed E-state index contributed by atoms with van der Waals surface area (Å²) in [6, 6.07) is 8.47. The molecular formula is C14H7ClN2O2. The van der Waals surface area contributed by atoms with Crippen LogP contribution in [0, 0.1) is 0 Å². The molecule has 0 saturated carbocycles. The van der Waals surface area contributed by atoms with Crippen LogP contribution in [0.15, 0.2) is 36.5 Å². The predicted molar refractivity (Wildman–Crippen MR) is 72.4 cm³/mol. The van der Waals surface area contributed by atoms with E-state index in [0.29, 0.717) is 33.4 Å². The van der Waals surface area contributed by atoms with Crippen LogP contribution >= 0.6 is 11.6 Å². The maximum absolute atomic E-state index is 11.7. The number of carbonyl (C=O) groups excluding carboxylic acids is 2. The number of Topliss-reactive ketones (excluding diaryl/α,β-unsaturated/α-hetero) is 1. The number of hydrogen-bond acceptors (Lipinski definition) is 4. The van der Waals surface area contributed by atoms with E-state index in [2.05, 4.69) is 9.97 Å². The van der Waals surface area contributed by atoms with Gasteiger partial charge in [-0.1, -0.05) is 17.7 Å². The van der Waals surface area contributed by atoms with Gasteiger partial charge in [0.15, 0.2) is 6.29 Å². The van der Waals surface area contributed by atoms with Gasteiger partial charge in [-0.2, -0.15) is 0 Å². The molecule has 3 aromatic rings. The van der Waals surface area contributed by atoms with Crippen molar-refractivity contribution < 1.29 is 9.59 Å². The second-order valence-electron chi connectivity index (χ2n) is 4.01. The molecule has 19 heavy (non-hydrogen) atoms. The summed E-state index contributed by atoms with van der Waals surface area (Å²) in [5.74, 6) is -0.574. The van der Waals surface area contributed by atoms with Crippen molar-refractivity contribution in [1.29, 1.82) is 0 Å². The number of carbonyl (C=O) groups is 2. The van der Waals surface area contributed by atoms with Gasteiger partial charge in [0.25, 0.3) is 0 Å². The van der Waals surface area contributed by atoms with Crippen LogP contribution in [-0.2, 0) is 4.79 Å². The third-order valence-corrected chi connectivity index (χ3v) is 3.10. The highest BCUT2D eigenvalue weighted by Crippen LogP contribution is 2.27. The largest absolute Gasteiger partial charge is 0.294 e. The molecule has 4 nitrogen and oxygen atoms in total. The van der Waals surface area contributed by atoms with Gasteiger partial charge in [-0.25, -0.2) is 4.98 Å². The standard InChI is InChI=1S/C14H7ClN2O2/c15-12-4-3-8-6-10(11(19)7-18)9-2-1-5-16-14(9)13(8)17-12/h1-7H. The molecule has 0 bridgehead atoms. The van der Waals surface area contributed by atoms with Gasteiger partial charge >= 0.3 is 0 Å². The molecule has 0 spiro atoms. The number of pyridine rings is 2. The lowest BCUT2D eigenvalue weighted by Crippen LogP contribution is -2.02. The van der Waals surface area contributed by atoms with Gasteiger partial charge in [0.2, 0.25) is 5.78 Å². The highest BCUT2D eigenvalue weighted by Gasteiger charge is 2.13. The van der Waals surface area contributed by atoms with Crippen LogP contribution in [0.2, 0.25) is 5.15 Å². The molecule has 0 aliphatic heterocycles. The van der Waals surface area contributed by atoms with Crippen LogP contribution in [0.1, 0.15) is 10.4 Å². The van der Waals surface area contributed by atoms with Crippen LogP contribution in [-0.4, -0.2) is 22.0 Å². The first kappa shape index (κ1) is 11.7. The van der Waals surface area contributed by atoms with E-state index in [4.69, 9.17) is 11.6 Å². The Morgan fingerprint density at radius 1 is 1.21 bits per heavy atom. The molecule has 0 atom stereocenters. The average Bonchev–Trinajstić information content (AvgIpc) is 2.46. The normalized spacial score (nSPS) is 10.8. The Hall–Kier alpha value is -2.33. The molecule has 0 aliphatic carbocycles. The second-order valence-corrected chi connectivity index (χ2v) is 4.40. The van der Waals surface area contributed by atoms with Crippen molar-refractivity contribution in [2.45, 2.75) is 0 Å². The number of benzene rings is 1. The minimum atomic E-state index is -0.574. The maximum atomic E-state index is 11.7. The smallest absolute Gasteiger partial charge is 0.226 e. The third kappa shape index (κ3) is 1.86. The number of aromatic nitrogens is 2. The molecule has 0 N–H and O–H groups in total.